The molecular formula is C17H25N3O2. The third-order valence-electron chi connectivity index (χ3n) is 3.84. The number of carbonyl (C=O) groups excluding carboxylic acids is 1. The van der Waals surface area contributed by atoms with Gasteiger partial charge in [0.1, 0.15) is 5.75 Å². The first-order valence-corrected chi connectivity index (χ1v) is 7.68. The van der Waals surface area contributed by atoms with Crippen molar-refractivity contribution in [3.8, 4) is 5.75 Å². The summed E-state index contributed by atoms with van der Waals surface area (Å²) in [7, 11) is 3.77. The molecule has 1 aliphatic rings. The zero-order valence-electron chi connectivity index (χ0n) is 13.4. The highest BCUT2D eigenvalue weighted by molar-refractivity contribution is 5.91. The fourth-order valence-electron chi connectivity index (χ4n) is 2.38. The Labute approximate surface area is 132 Å². The van der Waals surface area contributed by atoms with E-state index in [2.05, 4.69) is 22.2 Å². The lowest BCUT2D eigenvalue weighted by atomic mass is 10.2. The van der Waals surface area contributed by atoms with E-state index in [0.717, 1.165) is 44.0 Å². The molecule has 1 N–H and O–H groups in total. The molecule has 5 heteroatoms. The van der Waals surface area contributed by atoms with Crippen LogP contribution in [0.5, 0.6) is 5.75 Å². The van der Waals surface area contributed by atoms with Crippen molar-refractivity contribution in [1.82, 2.24) is 15.1 Å². The number of nitrogens with one attached hydrogen (secondary N) is 1. The van der Waals surface area contributed by atoms with Gasteiger partial charge in [-0.25, -0.2) is 0 Å². The van der Waals surface area contributed by atoms with Gasteiger partial charge in [0.15, 0.2) is 0 Å². The molecule has 1 aromatic carbocycles. The molecule has 1 aliphatic heterocycles. The lowest BCUT2D eigenvalue weighted by Crippen LogP contribution is -2.46. The number of methoxy groups -OCH3 is 1. The summed E-state index contributed by atoms with van der Waals surface area (Å²) in [6.07, 6.45) is 3.37. The second kappa shape index (κ2) is 8.56. The van der Waals surface area contributed by atoms with Crippen LogP contribution in [0.4, 0.5) is 0 Å². The van der Waals surface area contributed by atoms with Crippen LogP contribution in [0.2, 0.25) is 0 Å². The van der Waals surface area contributed by atoms with Gasteiger partial charge in [-0.15, -0.1) is 0 Å². The minimum Gasteiger partial charge on any atom is -0.497 e. The summed E-state index contributed by atoms with van der Waals surface area (Å²) < 4.78 is 5.16. The van der Waals surface area contributed by atoms with E-state index in [0.29, 0.717) is 6.54 Å². The van der Waals surface area contributed by atoms with Crippen LogP contribution in [-0.4, -0.2) is 69.1 Å². The van der Waals surface area contributed by atoms with E-state index in [1.165, 1.54) is 0 Å². The van der Waals surface area contributed by atoms with Gasteiger partial charge in [0.2, 0.25) is 5.91 Å². The molecular weight excluding hydrogens is 278 g/mol. The maximum Gasteiger partial charge on any atom is 0.244 e. The van der Waals surface area contributed by atoms with E-state index < -0.39 is 0 Å². The van der Waals surface area contributed by atoms with Gasteiger partial charge in [0.25, 0.3) is 0 Å². The van der Waals surface area contributed by atoms with Gasteiger partial charge < -0.3 is 15.0 Å². The molecule has 0 unspecified atom stereocenters. The van der Waals surface area contributed by atoms with Crippen LogP contribution in [0, 0.1) is 0 Å². The molecule has 2 rings (SSSR count). The lowest BCUT2D eigenvalue weighted by molar-refractivity contribution is -0.116. The maximum atomic E-state index is 11.8. The van der Waals surface area contributed by atoms with Gasteiger partial charge >= 0.3 is 0 Å². The first-order chi connectivity index (χ1) is 10.7. The largest absolute Gasteiger partial charge is 0.497 e. The number of nitrogens with zero attached hydrogens (tertiary/aromatic N) is 2. The van der Waals surface area contributed by atoms with Crippen molar-refractivity contribution in [2.45, 2.75) is 0 Å². The standard InChI is InChI=1S/C17H25N3O2/c1-19-10-12-20(13-11-19)9-8-18-17(21)7-6-15-4-3-5-16(14-15)22-2/h3-7,14H,8-13H2,1-2H3,(H,18,21). The highest BCUT2D eigenvalue weighted by atomic mass is 16.5. The number of ether oxygens (including phenoxy) is 1. The van der Waals surface area contributed by atoms with Crippen LogP contribution in [-0.2, 0) is 4.79 Å². The Morgan fingerprint density at radius 2 is 2.09 bits per heavy atom. The normalized spacial score (nSPS) is 16.8. The summed E-state index contributed by atoms with van der Waals surface area (Å²) >= 11 is 0. The van der Waals surface area contributed by atoms with E-state index >= 15 is 0 Å². The van der Waals surface area contributed by atoms with Crippen molar-refractivity contribution in [3.63, 3.8) is 0 Å². The predicted octanol–water partition coefficient (Wildman–Crippen LogP) is 1.07. The fourth-order valence-corrected chi connectivity index (χ4v) is 2.38. The Balaban J connectivity index is 1.70. The summed E-state index contributed by atoms with van der Waals surface area (Å²) in [5.41, 5.74) is 0.952. The Hall–Kier alpha value is -1.85. The Morgan fingerprint density at radius 1 is 1.32 bits per heavy atom. The summed E-state index contributed by atoms with van der Waals surface area (Å²) in [5.74, 6) is 0.731. The zero-order valence-corrected chi connectivity index (χ0v) is 13.4. The monoisotopic (exact) mass is 303 g/mol. The van der Waals surface area contributed by atoms with Gasteiger partial charge in [0, 0.05) is 45.3 Å². The zero-order chi connectivity index (χ0) is 15.8. The molecule has 0 atom stereocenters. The number of rotatable bonds is 6. The SMILES string of the molecule is COc1cccc(C=CC(=O)NCCN2CCN(C)CC2)c1. The molecule has 1 fully saturated rings. The third-order valence-corrected chi connectivity index (χ3v) is 3.84. The summed E-state index contributed by atoms with van der Waals surface area (Å²) in [4.78, 5) is 16.5. The van der Waals surface area contributed by atoms with Crippen molar-refractivity contribution in [2.75, 3.05) is 53.4 Å². The first kappa shape index (κ1) is 16.5. The van der Waals surface area contributed by atoms with Crippen molar-refractivity contribution >= 4 is 12.0 Å². The highest BCUT2D eigenvalue weighted by Crippen LogP contribution is 2.13. The average Bonchev–Trinajstić information content (AvgIpc) is 2.55. The van der Waals surface area contributed by atoms with Crippen molar-refractivity contribution < 1.29 is 9.53 Å². The van der Waals surface area contributed by atoms with Crippen LogP contribution < -0.4 is 10.1 Å². The topological polar surface area (TPSA) is 44.8 Å². The van der Waals surface area contributed by atoms with E-state index in [4.69, 9.17) is 4.74 Å². The molecule has 5 nitrogen and oxygen atoms in total. The molecule has 0 radical (unpaired) electrons. The third kappa shape index (κ3) is 5.50. The number of benzene rings is 1. The molecule has 1 saturated heterocycles. The molecule has 1 heterocycles. The average molecular weight is 303 g/mol. The van der Waals surface area contributed by atoms with Crippen molar-refractivity contribution in [1.29, 1.82) is 0 Å². The summed E-state index contributed by atoms with van der Waals surface area (Å²) in [5, 5.41) is 2.93. The molecule has 0 bridgehead atoms. The van der Waals surface area contributed by atoms with Gasteiger partial charge in [-0.3, -0.25) is 9.69 Å². The highest BCUT2D eigenvalue weighted by Gasteiger charge is 2.12. The second-order valence-electron chi connectivity index (χ2n) is 5.55. The number of likely N-dealkylation sites (N-methyl/N-ethyl adjacent to an activating group) is 1. The van der Waals surface area contributed by atoms with Crippen LogP contribution in [0.15, 0.2) is 30.3 Å². The molecule has 0 aromatic heterocycles. The minimum absolute atomic E-state index is 0.0584. The van der Waals surface area contributed by atoms with E-state index in [9.17, 15) is 4.79 Å². The molecule has 0 spiro atoms. The molecule has 0 saturated carbocycles. The number of carbonyl (C=O) groups is 1. The van der Waals surface area contributed by atoms with Gasteiger partial charge in [0.05, 0.1) is 7.11 Å². The molecule has 0 aliphatic carbocycles. The van der Waals surface area contributed by atoms with Gasteiger partial charge in [-0.1, -0.05) is 12.1 Å². The molecule has 1 aromatic rings. The minimum atomic E-state index is -0.0584. The van der Waals surface area contributed by atoms with Gasteiger partial charge in [-0.05, 0) is 30.8 Å². The number of amides is 1. The van der Waals surface area contributed by atoms with Crippen molar-refractivity contribution in [2.24, 2.45) is 0 Å². The van der Waals surface area contributed by atoms with E-state index in [-0.39, 0.29) is 5.91 Å². The smallest absolute Gasteiger partial charge is 0.244 e. The molecule has 1 amide bonds. The number of piperazine rings is 1. The second-order valence-corrected chi connectivity index (χ2v) is 5.55. The first-order valence-electron chi connectivity index (χ1n) is 7.68. The van der Waals surface area contributed by atoms with Crippen LogP contribution in [0.1, 0.15) is 5.56 Å². The maximum absolute atomic E-state index is 11.8. The quantitative estimate of drug-likeness (QED) is 0.799. The van der Waals surface area contributed by atoms with E-state index in [1.807, 2.05) is 24.3 Å². The summed E-state index contributed by atoms with van der Waals surface area (Å²) in [6, 6.07) is 7.63. The molecule has 22 heavy (non-hydrogen) atoms. The fraction of sp³-hybridized carbons (Fsp3) is 0.471. The molecule has 120 valence electrons. The van der Waals surface area contributed by atoms with E-state index in [1.54, 1.807) is 19.3 Å². The Kier molecular flexibility index (Phi) is 6.43. The number of hydrogen-bond acceptors (Lipinski definition) is 4. The Bertz CT molecular complexity index is 508. The van der Waals surface area contributed by atoms with Crippen LogP contribution >= 0.6 is 0 Å². The lowest BCUT2D eigenvalue weighted by Gasteiger charge is -2.32. The Morgan fingerprint density at radius 3 is 2.82 bits per heavy atom. The van der Waals surface area contributed by atoms with Crippen LogP contribution in [0.25, 0.3) is 6.08 Å². The summed E-state index contributed by atoms with van der Waals surface area (Å²) in [6.45, 7) is 5.95. The number of hydrogen-bond donors (Lipinski definition) is 1. The van der Waals surface area contributed by atoms with Crippen molar-refractivity contribution in [3.05, 3.63) is 35.9 Å². The predicted molar refractivity (Wildman–Crippen MR) is 89.0 cm³/mol. The van der Waals surface area contributed by atoms with Gasteiger partial charge in [-0.2, -0.15) is 0 Å². The van der Waals surface area contributed by atoms with Crippen LogP contribution in [0.3, 0.4) is 0 Å².